The molecule has 1 N–H and O–H groups in total. The Morgan fingerprint density at radius 2 is 1.67 bits per heavy atom. The number of likely N-dealkylation sites (N-methyl/N-ethyl adjacent to an activating group) is 2. The first kappa shape index (κ1) is 16.5. The number of nitrogens with zero attached hydrogens (tertiary/aromatic N) is 2. The van der Waals surface area contributed by atoms with E-state index in [-0.39, 0.29) is 0 Å². The largest absolute Gasteiger partial charge is 0.312 e. The molecule has 0 amide bonds. The monoisotopic (exact) mass is 289 g/mol. The SMILES string of the molecule is CNC(CN1CCCN(C)CC1)c1ccc(C(C)C)cc1. The Bertz CT molecular complexity index is 413. The van der Waals surface area contributed by atoms with Crippen molar-refractivity contribution in [3.8, 4) is 0 Å². The van der Waals surface area contributed by atoms with E-state index in [0.717, 1.165) is 6.54 Å². The van der Waals surface area contributed by atoms with Crippen molar-refractivity contribution < 1.29 is 0 Å². The number of hydrogen-bond donors (Lipinski definition) is 1. The van der Waals surface area contributed by atoms with Gasteiger partial charge >= 0.3 is 0 Å². The molecular weight excluding hydrogens is 258 g/mol. The van der Waals surface area contributed by atoms with Crippen LogP contribution in [-0.4, -0.2) is 56.6 Å². The van der Waals surface area contributed by atoms with Crippen molar-refractivity contribution >= 4 is 0 Å². The third-order valence-corrected chi connectivity index (χ3v) is 4.61. The second-order valence-electron chi connectivity index (χ2n) is 6.62. The van der Waals surface area contributed by atoms with E-state index in [0.29, 0.717) is 12.0 Å². The molecule has 3 nitrogen and oxygen atoms in total. The summed E-state index contributed by atoms with van der Waals surface area (Å²) in [6.07, 6.45) is 1.28. The maximum absolute atomic E-state index is 3.49. The fraction of sp³-hybridized carbons (Fsp3) is 0.667. The van der Waals surface area contributed by atoms with Gasteiger partial charge in [-0.1, -0.05) is 38.1 Å². The Hall–Kier alpha value is -0.900. The van der Waals surface area contributed by atoms with Gasteiger partial charge in [0, 0.05) is 25.7 Å². The molecule has 0 aromatic heterocycles. The van der Waals surface area contributed by atoms with Gasteiger partial charge < -0.3 is 15.1 Å². The van der Waals surface area contributed by atoms with Crippen molar-refractivity contribution in [3.05, 3.63) is 35.4 Å². The first-order valence-corrected chi connectivity index (χ1v) is 8.28. The van der Waals surface area contributed by atoms with E-state index in [1.807, 2.05) is 0 Å². The van der Waals surface area contributed by atoms with Gasteiger partial charge in [0.1, 0.15) is 0 Å². The Balaban J connectivity index is 1.98. The number of rotatable bonds is 5. The average molecular weight is 289 g/mol. The highest BCUT2D eigenvalue weighted by Crippen LogP contribution is 2.20. The lowest BCUT2D eigenvalue weighted by Gasteiger charge is -2.26. The third-order valence-electron chi connectivity index (χ3n) is 4.61. The van der Waals surface area contributed by atoms with Crippen molar-refractivity contribution in [2.75, 3.05) is 46.8 Å². The maximum atomic E-state index is 3.49. The van der Waals surface area contributed by atoms with Crippen molar-refractivity contribution in [3.63, 3.8) is 0 Å². The standard InChI is InChI=1S/C18H31N3/c1-15(2)16-6-8-17(9-7-16)18(19-3)14-21-11-5-10-20(4)12-13-21/h6-9,15,18-19H,5,10-14H2,1-4H3. The summed E-state index contributed by atoms with van der Waals surface area (Å²) in [5.41, 5.74) is 2.82. The fourth-order valence-corrected chi connectivity index (χ4v) is 3.02. The molecule has 1 unspecified atom stereocenters. The minimum absolute atomic E-state index is 0.426. The lowest BCUT2D eigenvalue weighted by molar-refractivity contribution is 0.251. The molecular formula is C18H31N3. The molecule has 118 valence electrons. The molecule has 0 spiro atoms. The van der Waals surface area contributed by atoms with Crippen LogP contribution in [0, 0.1) is 0 Å². The summed E-state index contributed by atoms with van der Waals surface area (Å²) >= 11 is 0. The van der Waals surface area contributed by atoms with Crippen LogP contribution in [-0.2, 0) is 0 Å². The summed E-state index contributed by atoms with van der Waals surface area (Å²) in [4.78, 5) is 5.03. The number of hydrogen-bond acceptors (Lipinski definition) is 3. The van der Waals surface area contributed by atoms with Crippen molar-refractivity contribution in [2.45, 2.75) is 32.2 Å². The lowest BCUT2D eigenvalue weighted by atomic mass is 9.99. The predicted octanol–water partition coefficient (Wildman–Crippen LogP) is 2.71. The van der Waals surface area contributed by atoms with Gasteiger partial charge in [-0.25, -0.2) is 0 Å². The van der Waals surface area contributed by atoms with Gasteiger partial charge in [-0.15, -0.1) is 0 Å². The first-order chi connectivity index (χ1) is 10.1. The fourth-order valence-electron chi connectivity index (χ4n) is 3.02. The summed E-state index contributed by atoms with van der Waals surface area (Å²) < 4.78 is 0. The van der Waals surface area contributed by atoms with Crippen LogP contribution in [0.1, 0.15) is 43.4 Å². The zero-order valence-electron chi connectivity index (χ0n) is 14.1. The molecule has 1 aliphatic rings. The van der Waals surface area contributed by atoms with Crippen molar-refractivity contribution in [1.29, 1.82) is 0 Å². The van der Waals surface area contributed by atoms with E-state index in [1.54, 1.807) is 0 Å². The van der Waals surface area contributed by atoms with Gasteiger partial charge in [0.25, 0.3) is 0 Å². The van der Waals surface area contributed by atoms with Gasteiger partial charge in [-0.2, -0.15) is 0 Å². The third kappa shape index (κ3) is 4.80. The molecule has 1 fully saturated rings. The van der Waals surface area contributed by atoms with Gasteiger partial charge in [0.15, 0.2) is 0 Å². The molecule has 0 aliphatic carbocycles. The molecule has 2 rings (SSSR count). The second kappa shape index (κ2) is 7.92. The Kier molecular flexibility index (Phi) is 6.22. The van der Waals surface area contributed by atoms with Crippen LogP contribution >= 0.6 is 0 Å². The summed E-state index contributed by atoms with van der Waals surface area (Å²) in [6.45, 7) is 10.4. The van der Waals surface area contributed by atoms with Crippen molar-refractivity contribution in [2.24, 2.45) is 0 Å². The van der Waals surface area contributed by atoms with Gasteiger partial charge in [0.05, 0.1) is 0 Å². The van der Waals surface area contributed by atoms with Crippen LogP contribution in [0.4, 0.5) is 0 Å². The van der Waals surface area contributed by atoms with E-state index >= 15 is 0 Å². The van der Waals surface area contributed by atoms with Crippen LogP contribution in [0.15, 0.2) is 24.3 Å². The van der Waals surface area contributed by atoms with E-state index in [2.05, 4.69) is 67.3 Å². The number of benzene rings is 1. The first-order valence-electron chi connectivity index (χ1n) is 8.28. The summed E-state index contributed by atoms with van der Waals surface area (Å²) in [6, 6.07) is 9.57. The normalized spacial score (nSPS) is 19.7. The Morgan fingerprint density at radius 3 is 2.29 bits per heavy atom. The van der Waals surface area contributed by atoms with Crippen molar-refractivity contribution in [1.82, 2.24) is 15.1 Å². The smallest absolute Gasteiger partial charge is 0.0446 e. The predicted molar refractivity (Wildman–Crippen MR) is 90.9 cm³/mol. The molecule has 1 aromatic rings. The van der Waals surface area contributed by atoms with Gasteiger partial charge in [-0.3, -0.25) is 0 Å². The molecule has 3 heteroatoms. The van der Waals surface area contributed by atoms with E-state index in [4.69, 9.17) is 0 Å². The lowest BCUT2D eigenvalue weighted by Crippen LogP contribution is -2.36. The average Bonchev–Trinajstić information content (AvgIpc) is 2.69. The molecule has 21 heavy (non-hydrogen) atoms. The molecule has 1 aromatic carbocycles. The minimum atomic E-state index is 0.426. The second-order valence-corrected chi connectivity index (χ2v) is 6.62. The quantitative estimate of drug-likeness (QED) is 0.899. The highest BCUT2D eigenvalue weighted by molar-refractivity contribution is 5.27. The topological polar surface area (TPSA) is 18.5 Å². The van der Waals surface area contributed by atoms with E-state index in [1.165, 1.54) is 43.7 Å². The zero-order chi connectivity index (χ0) is 15.2. The molecule has 1 aliphatic heterocycles. The highest BCUT2D eigenvalue weighted by atomic mass is 15.2. The summed E-state index contributed by atoms with van der Waals surface area (Å²) in [5, 5.41) is 3.49. The van der Waals surface area contributed by atoms with Crippen LogP contribution in [0.5, 0.6) is 0 Å². The van der Waals surface area contributed by atoms with Gasteiger partial charge in [-0.05, 0) is 50.7 Å². The summed E-state index contributed by atoms with van der Waals surface area (Å²) in [5.74, 6) is 0.605. The minimum Gasteiger partial charge on any atom is -0.312 e. The molecule has 1 heterocycles. The summed E-state index contributed by atoms with van der Waals surface area (Å²) in [7, 11) is 4.30. The Morgan fingerprint density at radius 1 is 1.00 bits per heavy atom. The highest BCUT2D eigenvalue weighted by Gasteiger charge is 2.17. The van der Waals surface area contributed by atoms with Crippen LogP contribution < -0.4 is 5.32 Å². The molecule has 1 saturated heterocycles. The van der Waals surface area contributed by atoms with Crippen LogP contribution in [0.3, 0.4) is 0 Å². The van der Waals surface area contributed by atoms with E-state index in [9.17, 15) is 0 Å². The van der Waals surface area contributed by atoms with Crippen LogP contribution in [0.2, 0.25) is 0 Å². The zero-order valence-corrected chi connectivity index (χ0v) is 14.1. The van der Waals surface area contributed by atoms with Crippen LogP contribution in [0.25, 0.3) is 0 Å². The van der Waals surface area contributed by atoms with E-state index < -0.39 is 0 Å². The molecule has 1 atom stereocenters. The molecule has 0 radical (unpaired) electrons. The Labute approximate surface area is 130 Å². The number of nitrogens with one attached hydrogen (secondary N) is 1. The van der Waals surface area contributed by atoms with Gasteiger partial charge in [0.2, 0.25) is 0 Å². The maximum Gasteiger partial charge on any atom is 0.0446 e. The molecule has 0 bridgehead atoms. The molecule has 0 saturated carbocycles.